The van der Waals surface area contributed by atoms with Crippen LogP contribution in [0, 0.1) is 0 Å². The number of hydrogen-bond acceptors (Lipinski definition) is 3. The minimum Gasteiger partial charge on any atom is -0.497 e. The van der Waals surface area contributed by atoms with E-state index >= 15 is 0 Å². The van der Waals surface area contributed by atoms with E-state index in [-0.39, 0.29) is 0 Å². The maximum absolute atomic E-state index is 10.7. The molecule has 0 aromatic heterocycles. The van der Waals surface area contributed by atoms with E-state index < -0.39 is 12.1 Å². The molecule has 0 bridgehead atoms. The number of carboxylic acids is 1. The summed E-state index contributed by atoms with van der Waals surface area (Å²) in [6.07, 6.45) is -0.361. The molecule has 4 nitrogen and oxygen atoms in total. The second-order valence-electron chi connectivity index (χ2n) is 3.03. The van der Waals surface area contributed by atoms with Crippen molar-refractivity contribution in [3.63, 3.8) is 0 Å². The molecule has 1 aromatic rings. The Bertz CT molecular complexity index is 318. The molecular formula is C11H14O4. The normalized spacial score (nSPS) is 11.9. The molecule has 0 aliphatic rings. The van der Waals surface area contributed by atoms with Crippen LogP contribution in [0.15, 0.2) is 24.3 Å². The van der Waals surface area contributed by atoms with E-state index in [4.69, 9.17) is 14.6 Å². The first-order valence-corrected chi connectivity index (χ1v) is 4.71. The summed E-state index contributed by atoms with van der Waals surface area (Å²) in [4.78, 5) is 10.7. The van der Waals surface area contributed by atoms with Crippen LogP contribution in [-0.4, -0.2) is 24.3 Å². The molecule has 0 heterocycles. The molecule has 4 heteroatoms. The number of rotatable bonds is 5. The summed E-state index contributed by atoms with van der Waals surface area (Å²) in [5.74, 6) is 0.295. The van der Waals surface area contributed by atoms with Gasteiger partial charge in [0.15, 0.2) is 6.10 Å². The maximum atomic E-state index is 10.7. The number of methoxy groups -OCH3 is 1. The van der Waals surface area contributed by atoms with Crippen LogP contribution in [0.5, 0.6) is 11.5 Å². The average molecular weight is 210 g/mol. The molecule has 0 fully saturated rings. The van der Waals surface area contributed by atoms with Crippen LogP contribution in [-0.2, 0) is 4.79 Å². The molecule has 0 unspecified atom stereocenters. The molecule has 0 spiro atoms. The van der Waals surface area contributed by atoms with E-state index in [1.807, 2.05) is 0 Å². The number of benzene rings is 1. The average Bonchev–Trinajstić information content (AvgIpc) is 2.26. The van der Waals surface area contributed by atoms with Crippen molar-refractivity contribution in [1.29, 1.82) is 0 Å². The highest BCUT2D eigenvalue weighted by molar-refractivity contribution is 5.72. The van der Waals surface area contributed by atoms with Gasteiger partial charge in [-0.3, -0.25) is 0 Å². The van der Waals surface area contributed by atoms with Gasteiger partial charge in [-0.15, -0.1) is 0 Å². The molecule has 0 amide bonds. The predicted octanol–water partition coefficient (Wildman–Crippen LogP) is 1.94. The Labute approximate surface area is 88.4 Å². The molecule has 82 valence electrons. The lowest BCUT2D eigenvalue weighted by atomic mass is 10.2. The monoisotopic (exact) mass is 210 g/mol. The van der Waals surface area contributed by atoms with Crippen LogP contribution in [0.25, 0.3) is 0 Å². The first kappa shape index (κ1) is 11.4. The van der Waals surface area contributed by atoms with Crippen LogP contribution >= 0.6 is 0 Å². The highest BCUT2D eigenvalue weighted by Crippen LogP contribution is 2.18. The van der Waals surface area contributed by atoms with Crippen molar-refractivity contribution in [2.75, 3.05) is 7.11 Å². The largest absolute Gasteiger partial charge is 0.497 e. The standard InChI is InChI=1S/C11H14O4/c1-3-10(11(12)13)15-9-6-4-8(14-2)5-7-9/h4-7,10H,3H2,1-2H3,(H,12,13)/t10-/m1/s1. The van der Waals surface area contributed by atoms with Gasteiger partial charge in [0.2, 0.25) is 0 Å². The van der Waals surface area contributed by atoms with Gasteiger partial charge in [-0.05, 0) is 30.7 Å². The Morgan fingerprint density at radius 1 is 1.33 bits per heavy atom. The first-order valence-electron chi connectivity index (χ1n) is 4.71. The Kier molecular flexibility index (Phi) is 3.97. The summed E-state index contributed by atoms with van der Waals surface area (Å²) in [5, 5.41) is 8.79. The van der Waals surface area contributed by atoms with E-state index in [0.29, 0.717) is 17.9 Å². The topological polar surface area (TPSA) is 55.8 Å². The van der Waals surface area contributed by atoms with Gasteiger partial charge >= 0.3 is 5.97 Å². The summed E-state index contributed by atoms with van der Waals surface area (Å²) in [6.45, 7) is 1.77. The van der Waals surface area contributed by atoms with Gasteiger partial charge in [0.05, 0.1) is 7.11 Å². The summed E-state index contributed by atoms with van der Waals surface area (Å²) in [5.41, 5.74) is 0. The molecule has 1 aromatic carbocycles. The van der Waals surface area contributed by atoms with Crippen molar-refractivity contribution < 1.29 is 19.4 Å². The molecule has 0 aliphatic carbocycles. The Balaban J connectivity index is 2.67. The van der Waals surface area contributed by atoms with E-state index in [1.165, 1.54) is 0 Å². The van der Waals surface area contributed by atoms with Crippen molar-refractivity contribution in [2.45, 2.75) is 19.4 Å². The number of hydrogen-bond donors (Lipinski definition) is 1. The summed E-state index contributed by atoms with van der Waals surface area (Å²) in [6, 6.07) is 6.82. The number of aliphatic carboxylic acids is 1. The fraction of sp³-hybridized carbons (Fsp3) is 0.364. The Morgan fingerprint density at radius 3 is 2.27 bits per heavy atom. The molecule has 0 aliphatic heterocycles. The van der Waals surface area contributed by atoms with Crippen molar-refractivity contribution >= 4 is 5.97 Å². The van der Waals surface area contributed by atoms with Gasteiger partial charge in [-0.25, -0.2) is 4.79 Å². The van der Waals surface area contributed by atoms with Crippen LogP contribution in [0.4, 0.5) is 0 Å². The van der Waals surface area contributed by atoms with E-state index in [2.05, 4.69) is 0 Å². The third-order valence-electron chi connectivity index (χ3n) is 1.98. The molecular weight excluding hydrogens is 196 g/mol. The molecule has 1 rings (SSSR count). The van der Waals surface area contributed by atoms with Gasteiger partial charge in [0, 0.05) is 0 Å². The predicted molar refractivity (Wildman–Crippen MR) is 55.3 cm³/mol. The fourth-order valence-electron chi connectivity index (χ4n) is 1.13. The van der Waals surface area contributed by atoms with Crippen molar-refractivity contribution in [3.8, 4) is 11.5 Å². The van der Waals surface area contributed by atoms with E-state index in [1.54, 1.807) is 38.3 Å². The summed E-state index contributed by atoms with van der Waals surface area (Å²) in [7, 11) is 1.57. The highest BCUT2D eigenvalue weighted by Gasteiger charge is 2.16. The molecule has 0 saturated heterocycles. The maximum Gasteiger partial charge on any atom is 0.344 e. The van der Waals surface area contributed by atoms with Crippen LogP contribution in [0.3, 0.4) is 0 Å². The Hall–Kier alpha value is -1.71. The zero-order valence-electron chi connectivity index (χ0n) is 8.77. The zero-order chi connectivity index (χ0) is 11.3. The van der Waals surface area contributed by atoms with Gasteiger partial charge in [0.1, 0.15) is 11.5 Å². The third-order valence-corrected chi connectivity index (χ3v) is 1.98. The van der Waals surface area contributed by atoms with E-state index in [9.17, 15) is 4.79 Å². The second kappa shape index (κ2) is 5.24. The molecule has 1 N–H and O–H groups in total. The van der Waals surface area contributed by atoms with Crippen molar-refractivity contribution in [2.24, 2.45) is 0 Å². The minimum absolute atomic E-state index is 0.432. The first-order chi connectivity index (χ1) is 7.17. The molecule has 15 heavy (non-hydrogen) atoms. The molecule has 1 atom stereocenters. The zero-order valence-corrected chi connectivity index (χ0v) is 8.77. The lowest BCUT2D eigenvalue weighted by Gasteiger charge is -2.13. The number of carboxylic acid groups (broad SMARTS) is 1. The summed E-state index contributed by atoms with van der Waals surface area (Å²) < 4.78 is 10.2. The van der Waals surface area contributed by atoms with Gasteiger partial charge in [-0.1, -0.05) is 6.92 Å². The van der Waals surface area contributed by atoms with Crippen molar-refractivity contribution in [1.82, 2.24) is 0 Å². The van der Waals surface area contributed by atoms with Gasteiger partial charge in [0.25, 0.3) is 0 Å². The highest BCUT2D eigenvalue weighted by atomic mass is 16.5. The fourth-order valence-corrected chi connectivity index (χ4v) is 1.13. The van der Waals surface area contributed by atoms with Crippen LogP contribution in [0.1, 0.15) is 13.3 Å². The SMILES string of the molecule is CC[C@@H](Oc1ccc(OC)cc1)C(=O)O. The second-order valence-corrected chi connectivity index (χ2v) is 3.03. The number of carbonyl (C=O) groups is 1. The smallest absolute Gasteiger partial charge is 0.344 e. The quantitative estimate of drug-likeness (QED) is 0.806. The van der Waals surface area contributed by atoms with Crippen molar-refractivity contribution in [3.05, 3.63) is 24.3 Å². The van der Waals surface area contributed by atoms with Gasteiger partial charge in [-0.2, -0.15) is 0 Å². The third kappa shape index (κ3) is 3.16. The van der Waals surface area contributed by atoms with Crippen LogP contribution < -0.4 is 9.47 Å². The minimum atomic E-state index is -0.951. The lowest BCUT2D eigenvalue weighted by Crippen LogP contribution is -2.25. The Morgan fingerprint density at radius 2 is 1.87 bits per heavy atom. The summed E-state index contributed by atoms with van der Waals surface area (Å²) >= 11 is 0. The van der Waals surface area contributed by atoms with Crippen LogP contribution in [0.2, 0.25) is 0 Å². The molecule has 0 radical (unpaired) electrons. The van der Waals surface area contributed by atoms with E-state index in [0.717, 1.165) is 0 Å². The number of ether oxygens (including phenoxy) is 2. The lowest BCUT2D eigenvalue weighted by molar-refractivity contribution is -0.145. The molecule has 0 saturated carbocycles. The van der Waals surface area contributed by atoms with Gasteiger partial charge < -0.3 is 14.6 Å².